The number of hydrogen-bond acceptors (Lipinski definition) is 2. The third-order valence-corrected chi connectivity index (χ3v) is 3.99. The molecule has 2 aromatic rings. The minimum Gasteiger partial charge on any atom is -0.383 e. The van der Waals surface area contributed by atoms with Gasteiger partial charge in [-0.25, -0.2) is 4.39 Å². The van der Waals surface area contributed by atoms with Crippen molar-refractivity contribution < 1.29 is 4.39 Å². The van der Waals surface area contributed by atoms with Crippen LogP contribution < -0.4 is 10.2 Å². The summed E-state index contributed by atoms with van der Waals surface area (Å²) in [5.41, 5.74) is 3.77. The maximum absolute atomic E-state index is 12.9. The summed E-state index contributed by atoms with van der Waals surface area (Å²) in [6.45, 7) is 5.21. The first-order valence-electron chi connectivity index (χ1n) is 7.54. The number of para-hydroxylation sites is 1. The van der Waals surface area contributed by atoms with Crippen molar-refractivity contribution in [2.45, 2.75) is 13.3 Å². The molecule has 1 atom stereocenters. The smallest absolute Gasteiger partial charge is 0.123 e. The molecule has 1 heterocycles. The maximum atomic E-state index is 12.9. The van der Waals surface area contributed by atoms with E-state index in [1.165, 1.54) is 23.4 Å². The number of rotatable bonds is 4. The van der Waals surface area contributed by atoms with Crippen molar-refractivity contribution in [2.24, 2.45) is 5.92 Å². The highest BCUT2D eigenvalue weighted by molar-refractivity contribution is 5.56. The zero-order chi connectivity index (χ0) is 14.7. The molecule has 3 rings (SSSR count). The van der Waals surface area contributed by atoms with Gasteiger partial charge in [0.1, 0.15) is 5.82 Å². The second-order valence-electron chi connectivity index (χ2n) is 5.82. The standard InChI is InChI=1S/C18H21FN2/c1-14-12-15-4-2-3-5-18(15)21(13-14)11-10-20-17-8-6-16(19)7-9-17/h2-9,14,20H,10-13H2,1H3. The summed E-state index contributed by atoms with van der Waals surface area (Å²) >= 11 is 0. The first kappa shape index (κ1) is 13.9. The lowest BCUT2D eigenvalue weighted by Crippen LogP contribution is -2.37. The van der Waals surface area contributed by atoms with Crippen molar-refractivity contribution in [3.05, 3.63) is 59.9 Å². The number of fused-ring (bicyclic) bond motifs is 1. The molecule has 0 fully saturated rings. The fourth-order valence-electron chi connectivity index (χ4n) is 3.02. The minimum absolute atomic E-state index is 0.195. The van der Waals surface area contributed by atoms with Crippen molar-refractivity contribution in [1.29, 1.82) is 0 Å². The minimum atomic E-state index is -0.195. The fourth-order valence-corrected chi connectivity index (χ4v) is 3.02. The number of anilines is 2. The van der Waals surface area contributed by atoms with Crippen LogP contribution in [0, 0.1) is 11.7 Å². The first-order chi connectivity index (χ1) is 10.2. The molecule has 110 valence electrons. The third kappa shape index (κ3) is 3.35. The van der Waals surface area contributed by atoms with Gasteiger partial charge in [-0.15, -0.1) is 0 Å². The van der Waals surface area contributed by atoms with Gasteiger partial charge >= 0.3 is 0 Å². The third-order valence-electron chi connectivity index (χ3n) is 3.99. The van der Waals surface area contributed by atoms with Crippen molar-refractivity contribution in [1.82, 2.24) is 0 Å². The molecule has 2 aromatic carbocycles. The number of nitrogens with zero attached hydrogens (tertiary/aromatic N) is 1. The maximum Gasteiger partial charge on any atom is 0.123 e. The Kier molecular flexibility index (Phi) is 4.09. The molecule has 0 saturated heterocycles. The zero-order valence-corrected chi connectivity index (χ0v) is 12.3. The van der Waals surface area contributed by atoms with Crippen LogP contribution in [0.25, 0.3) is 0 Å². The van der Waals surface area contributed by atoms with Crippen molar-refractivity contribution in [3.63, 3.8) is 0 Å². The Morgan fingerprint density at radius 2 is 1.90 bits per heavy atom. The fraction of sp³-hybridized carbons (Fsp3) is 0.333. The van der Waals surface area contributed by atoms with Crippen LogP contribution in [-0.2, 0) is 6.42 Å². The van der Waals surface area contributed by atoms with E-state index in [0.29, 0.717) is 5.92 Å². The van der Waals surface area contributed by atoms with E-state index < -0.39 is 0 Å². The van der Waals surface area contributed by atoms with Gasteiger partial charge in [0, 0.05) is 31.0 Å². The van der Waals surface area contributed by atoms with E-state index in [9.17, 15) is 4.39 Å². The van der Waals surface area contributed by atoms with Crippen molar-refractivity contribution >= 4 is 11.4 Å². The average Bonchev–Trinajstić information content (AvgIpc) is 2.49. The normalized spacial score (nSPS) is 17.4. The van der Waals surface area contributed by atoms with Gasteiger partial charge in [0.05, 0.1) is 0 Å². The first-order valence-corrected chi connectivity index (χ1v) is 7.54. The highest BCUT2D eigenvalue weighted by Crippen LogP contribution is 2.28. The van der Waals surface area contributed by atoms with Gasteiger partial charge < -0.3 is 10.2 Å². The lowest BCUT2D eigenvalue weighted by Gasteiger charge is -2.35. The van der Waals surface area contributed by atoms with Gasteiger partial charge in [-0.2, -0.15) is 0 Å². The molecule has 1 aliphatic rings. The number of benzene rings is 2. The van der Waals surface area contributed by atoms with E-state index in [1.807, 2.05) is 0 Å². The molecule has 1 aliphatic heterocycles. The highest BCUT2D eigenvalue weighted by atomic mass is 19.1. The molecular weight excluding hydrogens is 263 g/mol. The molecular formula is C18H21FN2. The van der Waals surface area contributed by atoms with Gasteiger partial charge in [-0.1, -0.05) is 25.1 Å². The topological polar surface area (TPSA) is 15.3 Å². The Morgan fingerprint density at radius 1 is 1.14 bits per heavy atom. The lowest BCUT2D eigenvalue weighted by atomic mass is 9.94. The molecule has 0 spiro atoms. The molecule has 0 radical (unpaired) electrons. The van der Waals surface area contributed by atoms with Crippen LogP contribution in [0.5, 0.6) is 0 Å². The highest BCUT2D eigenvalue weighted by Gasteiger charge is 2.20. The van der Waals surface area contributed by atoms with Gasteiger partial charge in [0.2, 0.25) is 0 Å². The summed E-state index contributed by atoms with van der Waals surface area (Å²) in [7, 11) is 0. The molecule has 0 saturated carbocycles. The Morgan fingerprint density at radius 3 is 2.71 bits per heavy atom. The summed E-state index contributed by atoms with van der Waals surface area (Å²) in [6, 6.07) is 15.2. The molecule has 1 N–H and O–H groups in total. The van der Waals surface area contributed by atoms with Crippen LogP contribution >= 0.6 is 0 Å². The summed E-state index contributed by atoms with van der Waals surface area (Å²) in [5, 5.41) is 3.36. The largest absolute Gasteiger partial charge is 0.383 e. The summed E-state index contributed by atoms with van der Waals surface area (Å²) in [5.74, 6) is 0.491. The van der Waals surface area contributed by atoms with Crippen molar-refractivity contribution in [3.8, 4) is 0 Å². The van der Waals surface area contributed by atoms with E-state index in [2.05, 4.69) is 41.4 Å². The van der Waals surface area contributed by atoms with Crippen LogP contribution in [-0.4, -0.2) is 19.6 Å². The predicted octanol–water partition coefficient (Wildman–Crippen LogP) is 3.94. The lowest BCUT2D eigenvalue weighted by molar-refractivity contribution is 0.535. The van der Waals surface area contributed by atoms with Gasteiger partial charge in [-0.05, 0) is 48.2 Å². The summed E-state index contributed by atoms with van der Waals surface area (Å²) in [6.07, 6.45) is 1.16. The average molecular weight is 284 g/mol. The van der Waals surface area contributed by atoms with Gasteiger partial charge in [-0.3, -0.25) is 0 Å². The monoisotopic (exact) mass is 284 g/mol. The van der Waals surface area contributed by atoms with Crippen LogP contribution in [0.2, 0.25) is 0 Å². The SMILES string of the molecule is CC1Cc2ccccc2N(CCNc2ccc(F)cc2)C1. The Hall–Kier alpha value is -2.03. The molecule has 3 heteroatoms. The predicted molar refractivity (Wildman–Crippen MR) is 86.4 cm³/mol. The Balaban J connectivity index is 1.61. The summed E-state index contributed by atoms with van der Waals surface area (Å²) < 4.78 is 12.9. The molecule has 0 aliphatic carbocycles. The number of hydrogen-bond donors (Lipinski definition) is 1. The van der Waals surface area contributed by atoms with E-state index in [4.69, 9.17) is 0 Å². The van der Waals surface area contributed by atoms with E-state index in [0.717, 1.165) is 31.7 Å². The molecule has 1 unspecified atom stereocenters. The van der Waals surface area contributed by atoms with E-state index in [-0.39, 0.29) is 5.82 Å². The Bertz CT molecular complexity index is 594. The number of nitrogens with one attached hydrogen (secondary N) is 1. The molecule has 0 bridgehead atoms. The van der Waals surface area contributed by atoms with Crippen LogP contribution in [0.4, 0.5) is 15.8 Å². The van der Waals surface area contributed by atoms with Crippen LogP contribution in [0.15, 0.2) is 48.5 Å². The van der Waals surface area contributed by atoms with E-state index >= 15 is 0 Å². The van der Waals surface area contributed by atoms with Crippen LogP contribution in [0.1, 0.15) is 12.5 Å². The van der Waals surface area contributed by atoms with Gasteiger partial charge in [0.25, 0.3) is 0 Å². The zero-order valence-electron chi connectivity index (χ0n) is 12.3. The van der Waals surface area contributed by atoms with Gasteiger partial charge in [0.15, 0.2) is 0 Å². The van der Waals surface area contributed by atoms with Crippen molar-refractivity contribution in [2.75, 3.05) is 29.9 Å². The quantitative estimate of drug-likeness (QED) is 0.915. The molecule has 0 aromatic heterocycles. The Labute approximate surface area is 125 Å². The number of halogens is 1. The molecule has 21 heavy (non-hydrogen) atoms. The second kappa shape index (κ2) is 6.17. The molecule has 2 nitrogen and oxygen atoms in total. The van der Waals surface area contributed by atoms with Crippen LogP contribution in [0.3, 0.4) is 0 Å². The molecule has 0 amide bonds. The van der Waals surface area contributed by atoms with E-state index in [1.54, 1.807) is 12.1 Å². The summed E-state index contributed by atoms with van der Waals surface area (Å²) in [4.78, 5) is 2.44. The second-order valence-corrected chi connectivity index (χ2v) is 5.82.